The van der Waals surface area contributed by atoms with Gasteiger partial charge in [-0.2, -0.15) is 0 Å². The van der Waals surface area contributed by atoms with E-state index in [0.717, 1.165) is 33.7 Å². The number of rotatable bonds is 7. The van der Waals surface area contributed by atoms with Crippen molar-refractivity contribution < 1.29 is 14.3 Å². The maximum absolute atomic E-state index is 12.6. The van der Waals surface area contributed by atoms with Crippen molar-refractivity contribution in [1.82, 2.24) is 14.9 Å². The van der Waals surface area contributed by atoms with Gasteiger partial charge in [0.2, 0.25) is 12.7 Å². The van der Waals surface area contributed by atoms with Crippen LogP contribution in [0.1, 0.15) is 23.4 Å². The molecule has 1 amide bonds. The minimum Gasteiger partial charge on any atom is -0.454 e. The van der Waals surface area contributed by atoms with E-state index in [2.05, 4.69) is 9.88 Å². The van der Waals surface area contributed by atoms with Crippen LogP contribution in [0.3, 0.4) is 0 Å². The largest absolute Gasteiger partial charge is 0.454 e. The number of imidazole rings is 1. The normalized spacial score (nSPS) is 12.3. The number of hydrogen-bond donors (Lipinski definition) is 1. The van der Waals surface area contributed by atoms with E-state index in [0.29, 0.717) is 41.7 Å². The molecule has 5 rings (SSSR count). The molecule has 0 fully saturated rings. The summed E-state index contributed by atoms with van der Waals surface area (Å²) in [6.07, 6.45) is 0.920. The fourth-order valence-electron chi connectivity index (χ4n) is 3.90. The zero-order valence-corrected chi connectivity index (χ0v) is 19.2. The van der Waals surface area contributed by atoms with E-state index in [4.69, 9.17) is 37.7 Å². The molecular weight excluding hydrogens is 461 g/mol. The first-order valence-corrected chi connectivity index (χ1v) is 11.4. The molecule has 1 aliphatic rings. The fraction of sp³-hybridized carbons (Fsp3) is 0.200. The summed E-state index contributed by atoms with van der Waals surface area (Å²) in [5, 5.41) is 4.02. The number of halogens is 2. The van der Waals surface area contributed by atoms with Gasteiger partial charge < -0.3 is 19.4 Å². The van der Waals surface area contributed by atoms with E-state index < -0.39 is 0 Å². The van der Waals surface area contributed by atoms with Crippen molar-refractivity contribution in [3.05, 3.63) is 87.7 Å². The topological polar surface area (TPSA) is 65.4 Å². The average molecular weight is 482 g/mol. The Bertz CT molecular complexity index is 1340. The van der Waals surface area contributed by atoms with Gasteiger partial charge in [0.25, 0.3) is 0 Å². The highest BCUT2D eigenvalue weighted by Gasteiger charge is 2.15. The predicted octanol–water partition coefficient (Wildman–Crippen LogP) is 5.37. The summed E-state index contributed by atoms with van der Waals surface area (Å²) in [5.74, 6) is 2.27. The number of nitrogens with one attached hydrogen (secondary N) is 1. The maximum atomic E-state index is 12.6. The minimum atomic E-state index is -0.0362. The Morgan fingerprint density at radius 3 is 2.67 bits per heavy atom. The van der Waals surface area contributed by atoms with Crippen molar-refractivity contribution in [2.45, 2.75) is 25.9 Å². The Balaban J connectivity index is 1.28. The summed E-state index contributed by atoms with van der Waals surface area (Å²) >= 11 is 12.2. The maximum Gasteiger partial charge on any atom is 0.231 e. The van der Waals surface area contributed by atoms with Crippen LogP contribution < -0.4 is 14.8 Å². The van der Waals surface area contributed by atoms with Gasteiger partial charge in [-0.1, -0.05) is 47.5 Å². The molecule has 0 radical (unpaired) electrons. The molecule has 0 unspecified atom stereocenters. The van der Waals surface area contributed by atoms with Gasteiger partial charge in [-0.05, 0) is 47.5 Å². The SMILES string of the molecule is O=C(CCn1c(Cc2ccc(Cl)c(Cl)c2)nc2ccccc21)NCc1ccc2c(c1)OCO2. The minimum absolute atomic E-state index is 0.0362. The molecule has 0 bridgehead atoms. The molecule has 4 aromatic rings. The third-order valence-corrected chi connectivity index (χ3v) is 6.31. The van der Waals surface area contributed by atoms with Crippen LogP contribution in [0.2, 0.25) is 10.0 Å². The molecule has 8 heteroatoms. The molecule has 6 nitrogen and oxygen atoms in total. The second kappa shape index (κ2) is 9.33. The zero-order valence-electron chi connectivity index (χ0n) is 17.7. The van der Waals surface area contributed by atoms with Gasteiger partial charge in [0, 0.05) is 25.9 Å². The first-order chi connectivity index (χ1) is 16.1. The molecule has 33 heavy (non-hydrogen) atoms. The molecule has 2 heterocycles. The summed E-state index contributed by atoms with van der Waals surface area (Å²) in [4.78, 5) is 17.4. The molecule has 0 spiro atoms. The first-order valence-electron chi connectivity index (χ1n) is 10.6. The Hall–Kier alpha value is -3.22. The van der Waals surface area contributed by atoms with E-state index in [9.17, 15) is 4.79 Å². The van der Waals surface area contributed by atoms with Crippen LogP contribution in [0.4, 0.5) is 0 Å². The van der Waals surface area contributed by atoms with Crippen LogP contribution in [0, 0.1) is 0 Å². The van der Waals surface area contributed by atoms with Gasteiger partial charge in [0.05, 0.1) is 21.1 Å². The number of carbonyl (C=O) groups excluding carboxylic acids is 1. The van der Waals surface area contributed by atoms with E-state index in [-0.39, 0.29) is 12.7 Å². The van der Waals surface area contributed by atoms with Gasteiger partial charge in [0.1, 0.15) is 5.82 Å². The second-order valence-electron chi connectivity index (χ2n) is 7.81. The van der Waals surface area contributed by atoms with Crippen molar-refractivity contribution in [2.75, 3.05) is 6.79 Å². The second-order valence-corrected chi connectivity index (χ2v) is 8.62. The summed E-state index contributed by atoms with van der Waals surface area (Å²) in [7, 11) is 0. The summed E-state index contributed by atoms with van der Waals surface area (Å²) in [6.45, 7) is 1.18. The molecule has 0 aliphatic carbocycles. The lowest BCUT2D eigenvalue weighted by Gasteiger charge is -2.11. The molecule has 0 saturated carbocycles. The van der Waals surface area contributed by atoms with Crippen molar-refractivity contribution in [2.24, 2.45) is 0 Å². The number of nitrogens with zero attached hydrogens (tertiary/aromatic N) is 2. The van der Waals surface area contributed by atoms with Crippen molar-refractivity contribution >= 4 is 40.1 Å². The van der Waals surface area contributed by atoms with Crippen LogP contribution in [-0.2, 0) is 24.3 Å². The lowest BCUT2D eigenvalue weighted by Crippen LogP contribution is -2.24. The van der Waals surface area contributed by atoms with Crippen molar-refractivity contribution in [1.29, 1.82) is 0 Å². The Labute approximate surface area is 201 Å². The van der Waals surface area contributed by atoms with Crippen LogP contribution in [0.25, 0.3) is 11.0 Å². The molecule has 1 N–H and O–H groups in total. The van der Waals surface area contributed by atoms with Crippen LogP contribution in [0.15, 0.2) is 60.7 Å². The van der Waals surface area contributed by atoms with E-state index >= 15 is 0 Å². The number of amides is 1. The third-order valence-electron chi connectivity index (χ3n) is 5.57. The molecule has 0 atom stereocenters. The lowest BCUT2D eigenvalue weighted by molar-refractivity contribution is -0.121. The van der Waals surface area contributed by atoms with Crippen molar-refractivity contribution in [3.8, 4) is 11.5 Å². The number of benzene rings is 3. The van der Waals surface area contributed by atoms with E-state index in [1.54, 1.807) is 6.07 Å². The first kappa shape index (κ1) is 21.6. The highest BCUT2D eigenvalue weighted by molar-refractivity contribution is 6.42. The number of para-hydroxylation sites is 2. The zero-order chi connectivity index (χ0) is 22.8. The highest BCUT2D eigenvalue weighted by atomic mass is 35.5. The predicted molar refractivity (Wildman–Crippen MR) is 128 cm³/mol. The number of hydrogen-bond acceptors (Lipinski definition) is 4. The summed E-state index contributed by atoms with van der Waals surface area (Å²) < 4.78 is 12.8. The number of fused-ring (bicyclic) bond motifs is 2. The molecule has 0 saturated heterocycles. The van der Waals surface area contributed by atoms with Crippen LogP contribution in [0.5, 0.6) is 11.5 Å². The van der Waals surface area contributed by atoms with Crippen LogP contribution >= 0.6 is 23.2 Å². The average Bonchev–Trinajstić information content (AvgIpc) is 3.42. The highest BCUT2D eigenvalue weighted by Crippen LogP contribution is 2.32. The molecule has 1 aliphatic heterocycles. The third kappa shape index (κ3) is 4.77. The van der Waals surface area contributed by atoms with E-state index in [1.165, 1.54) is 0 Å². The van der Waals surface area contributed by atoms with E-state index in [1.807, 2.05) is 54.6 Å². The van der Waals surface area contributed by atoms with Gasteiger partial charge in [-0.25, -0.2) is 4.98 Å². The number of ether oxygens (including phenoxy) is 2. The van der Waals surface area contributed by atoms with Crippen LogP contribution in [-0.4, -0.2) is 22.3 Å². The Morgan fingerprint density at radius 2 is 1.79 bits per heavy atom. The molecule has 3 aromatic carbocycles. The number of aromatic nitrogens is 2. The standard InChI is InChI=1S/C25H21Cl2N3O3/c26-18-7-5-16(11-19(18)27)13-24-29-20-3-1-2-4-21(20)30(24)10-9-25(31)28-14-17-6-8-22-23(12-17)33-15-32-22/h1-8,11-12H,9-10,13-15H2,(H,28,31). The molecular formula is C25H21Cl2N3O3. The Kier molecular flexibility index (Phi) is 6.11. The molecule has 168 valence electrons. The summed E-state index contributed by atoms with van der Waals surface area (Å²) in [5.41, 5.74) is 3.86. The quantitative estimate of drug-likeness (QED) is 0.385. The number of aryl methyl sites for hydroxylation is 1. The lowest BCUT2D eigenvalue weighted by atomic mass is 10.1. The van der Waals surface area contributed by atoms with Gasteiger partial charge in [-0.3, -0.25) is 4.79 Å². The number of carbonyl (C=O) groups is 1. The summed E-state index contributed by atoms with van der Waals surface area (Å²) in [6, 6.07) is 19.2. The smallest absolute Gasteiger partial charge is 0.231 e. The van der Waals surface area contributed by atoms with Crippen molar-refractivity contribution in [3.63, 3.8) is 0 Å². The Morgan fingerprint density at radius 1 is 0.970 bits per heavy atom. The fourth-order valence-corrected chi connectivity index (χ4v) is 4.22. The van der Waals surface area contributed by atoms with Gasteiger partial charge in [0.15, 0.2) is 11.5 Å². The molecule has 1 aromatic heterocycles. The monoisotopic (exact) mass is 481 g/mol. The van der Waals surface area contributed by atoms with Gasteiger partial charge in [-0.15, -0.1) is 0 Å². The van der Waals surface area contributed by atoms with Gasteiger partial charge >= 0.3 is 0 Å².